The number of benzene rings is 1. The molecule has 0 radical (unpaired) electrons. The molecule has 0 bridgehead atoms. The molecule has 1 fully saturated rings. The standard InChI is InChI=1S/C23H29N7O2/c1-29-15-24-28-21(29)17-9-11-18(12-10-17)26-23(32)20(16-7-5-3-4-6-8-16)27-22(31)19-13-14-25-30(19)2/h9-16,20H,3-8H2,1-2H3,(H,26,32)(H,27,31). The smallest absolute Gasteiger partial charge is 0.270 e. The minimum Gasteiger partial charge on any atom is -0.339 e. The van der Waals surface area contributed by atoms with Gasteiger partial charge in [0, 0.05) is 31.5 Å². The van der Waals surface area contributed by atoms with Crippen LogP contribution in [-0.2, 0) is 18.9 Å². The van der Waals surface area contributed by atoms with Crippen molar-refractivity contribution < 1.29 is 9.59 Å². The van der Waals surface area contributed by atoms with E-state index in [0.717, 1.165) is 37.1 Å². The Kier molecular flexibility index (Phi) is 6.63. The number of hydrogen-bond acceptors (Lipinski definition) is 5. The lowest BCUT2D eigenvalue weighted by atomic mass is 9.91. The fraction of sp³-hybridized carbons (Fsp3) is 0.435. The van der Waals surface area contributed by atoms with Crippen LogP contribution in [0.3, 0.4) is 0 Å². The van der Waals surface area contributed by atoms with Crippen LogP contribution < -0.4 is 10.6 Å². The van der Waals surface area contributed by atoms with Crippen molar-refractivity contribution in [2.24, 2.45) is 20.0 Å². The van der Waals surface area contributed by atoms with Crippen LogP contribution in [0.4, 0.5) is 5.69 Å². The number of hydrogen-bond donors (Lipinski definition) is 2. The van der Waals surface area contributed by atoms with E-state index in [9.17, 15) is 9.59 Å². The minimum absolute atomic E-state index is 0.104. The zero-order chi connectivity index (χ0) is 22.5. The molecule has 0 spiro atoms. The Morgan fingerprint density at radius 2 is 1.75 bits per heavy atom. The predicted molar refractivity (Wildman–Crippen MR) is 121 cm³/mol. The Balaban J connectivity index is 1.50. The molecule has 2 amide bonds. The lowest BCUT2D eigenvalue weighted by Gasteiger charge is -2.26. The van der Waals surface area contributed by atoms with Crippen LogP contribution in [-0.4, -0.2) is 42.4 Å². The van der Waals surface area contributed by atoms with Crippen molar-refractivity contribution >= 4 is 17.5 Å². The third-order valence-electron chi connectivity index (χ3n) is 6.12. The van der Waals surface area contributed by atoms with Gasteiger partial charge < -0.3 is 15.2 Å². The van der Waals surface area contributed by atoms with Crippen molar-refractivity contribution in [2.45, 2.75) is 44.6 Å². The van der Waals surface area contributed by atoms with Crippen LogP contribution in [0.5, 0.6) is 0 Å². The quantitative estimate of drug-likeness (QED) is 0.579. The van der Waals surface area contributed by atoms with Crippen LogP contribution >= 0.6 is 0 Å². The van der Waals surface area contributed by atoms with Crippen LogP contribution in [0.2, 0.25) is 0 Å². The van der Waals surface area contributed by atoms with Crippen molar-refractivity contribution in [1.29, 1.82) is 0 Å². The van der Waals surface area contributed by atoms with Gasteiger partial charge in [-0.25, -0.2) is 0 Å². The summed E-state index contributed by atoms with van der Waals surface area (Å²) in [6, 6.07) is 8.53. The SMILES string of the molecule is Cn1cnnc1-c1ccc(NC(=O)C(NC(=O)c2ccnn2C)C2CCCCCC2)cc1. The van der Waals surface area contributed by atoms with E-state index in [-0.39, 0.29) is 17.7 Å². The summed E-state index contributed by atoms with van der Waals surface area (Å²) in [6.45, 7) is 0. The molecule has 2 aromatic heterocycles. The van der Waals surface area contributed by atoms with Gasteiger partial charge in [-0.2, -0.15) is 5.10 Å². The lowest BCUT2D eigenvalue weighted by molar-refractivity contribution is -0.119. The molecule has 168 valence electrons. The first-order valence-electron chi connectivity index (χ1n) is 11.1. The third-order valence-corrected chi connectivity index (χ3v) is 6.12. The molecule has 1 aliphatic carbocycles. The lowest BCUT2D eigenvalue weighted by Crippen LogP contribution is -2.48. The molecule has 32 heavy (non-hydrogen) atoms. The number of amides is 2. The Morgan fingerprint density at radius 3 is 2.34 bits per heavy atom. The highest BCUT2D eigenvalue weighted by molar-refractivity contribution is 6.00. The predicted octanol–water partition coefficient (Wildman–Crippen LogP) is 2.92. The summed E-state index contributed by atoms with van der Waals surface area (Å²) in [7, 11) is 3.60. The maximum atomic E-state index is 13.3. The van der Waals surface area contributed by atoms with E-state index in [1.54, 1.807) is 25.6 Å². The Morgan fingerprint density at radius 1 is 1.03 bits per heavy atom. The first-order valence-corrected chi connectivity index (χ1v) is 11.1. The van der Waals surface area contributed by atoms with Gasteiger partial charge in [0.1, 0.15) is 18.1 Å². The van der Waals surface area contributed by atoms with Gasteiger partial charge in [-0.3, -0.25) is 14.3 Å². The molecular weight excluding hydrogens is 406 g/mol. The van der Waals surface area contributed by atoms with Gasteiger partial charge in [-0.15, -0.1) is 10.2 Å². The van der Waals surface area contributed by atoms with Crippen LogP contribution in [0.15, 0.2) is 42.9 Å². The second-order valence-corrected chi connectivity index (χ2v) is 8.37. The van der Waals surface area contributed by atoms with Crippen molar-refractivity contribution in [3.63, 3.8) is 0 Å². The average Bonchev–Trinajstić information content (AvgIpc) is 3.31. The Bertz CT molecular complexity index is 1060. The second kappa shape index (κ2) is 9.76. The highest BCUT2D eigenvalue weighted by Gasteiger charge is 2.31. The zero-order valence-corrected chi connectivity index (χ0v) is 18.5. The molecule has 4 rings (SSSR count). The van der Waals surface area contributed by atoms with Gasteiger partial charge >= 0.3 is 0 Å². The molecule has 2 heterocycles. The van der Waals surface area contributed by atoms with Crippen LogP contribution in [0.1, 0.15) is 49.0 Å². The first-order chi connectivity index (χ1) is 15.5. The molecule has 2 N–H and O–H groups in total. The number of aryl methyl sites for hydroxylation is 2. The molecule has 0 saturated heterocycles. The van der Waals surface area contributed by atoms with E-state index >= 15 is 0 Å². The first kappa shape index (κ1) is 21.7. The van der Waals surface area contributed by atoms with Crippen molar-refractivity contribution in [3.8, 4) is 11.4 Å². The molecular formula is C23H29N7O2. The summed E-state index contributed by atoms with van der Waals surface area (Å²) in [5, 5.41) is 18.1. The molecule has 1 atom stereocenters. The van der Waals surface area contributed by atoms with Crippen LogP contribution in [0.25, 0.3) is 11.4 Å². The average molecular weight is 436 g/mol. The van der Waals surface area contributed by atoms with Crippen LogP contribution in [0, 0.1) is 5.92 Å². The van der Waals surface area contributed by atoms with E-state index in [0.29, 0.717) is 11.4 Å². The molecule has 1 saturated carbocycles. The minimum atomic E-state index is -0.603. The van der Waals surface area contributed by atoms with Crippen molar-refractivity contribution in [3.05, 3.63) is 48.5 Å². The van der Waals surface area contributed by atoms with Gasteiger partial charge in [-0.1, -0.05) is 25.7 Å². The summed E-state index contributed by atoms with van der Waals surface area (Å²) in [5.74, 6) is 0.376. The van der Waals surface area contributed by atoms with E-state index in [2.05, 4.69) is 25.9 Å². The van der Waals surface area contributed by atoms with Gasteiger partial charge in [0.05, 0.1) is 0 Å². The van der Waals surface area contributed by atoms with Gasteiger partial charge in [0.15, 0.2) is 5.82 Å². The van der Waals surface area contributed by atoms with Gasteiger partial charge in [0.25, 0.3) is 5.91 Å². The number of nitrogens with one attached hydrogen (secondary N) is 2. The molecule has 9 nitrogen and oxygen atoms in total. The second-order valence-electron chi connectivity index (χ2n) is 8.37. The maximum Gasteiger partial charge on any atom is 0.270 e. The zero-order valence-electron chi connectivity index (χ0n) is 18.5. The third kappa shape index (κ3) is 4.87. The molecule has 1 aliphatic rings. The van der Waals surface area contributed by atoms with E-state index < -0.39 is 6.04 Å². The topological polar surface area (TPSA) is 107 Å². The number of anilines is 1. The number of nitrogens with zero attached hydrogens (tertiary/aromatic N) is 5. The van der Waals surface area contributed by atoms with Gasteiger partial charge in [-0.05, 0) is 49.1 Å². The van der Waals surface area contributed by atoms with E-state index in [1.807, 2.05) is 35.9 Å². The normalized spacial score (nSPS) is 15.7. The monoisotopic (exact) mass is 435 g/mol. The molecule has 9 heteroatoms. The highest BCUT2D eigenvalue weighted by atomic mass is 16.2. The number of rotatable bonds is 6. The maximum absolute atomic E-state index is 13.3. The fourth-order valence-electron chi connectivity index (χ4n) is 4.32. The number of carbonyl (C=O) groups excluding carboxylic acids is 2. The molecule has 0 aliphatic heterocycles. The summed E-state index contributed by atoms with van der Waals surface area (Å²) in [5.41, 5.74) is 2.02. The summed E-state index contributed by atoms with van der Waals surface area (Å²) >= 11 is 0. The largest absolute Gasteiger partial charge is 0.339 e. The van der Waals surface area contributed by atoms with Gasteiger partial charge in [0.2, 0.25) is 5.91 Å². The van der Waals surface area contributed by atoms with E-state index in [1.165, 1.54) is 17.5 Å². The highest BCUT2D eigenvalue weighted by Crippen LogP contribution is 2.27. The summed E-state index contributed by atoms with van der Waals surface area (Å²) in [6.07, 6.45) is 9.56. The summed E-state index contributed by atoms with van der Waals surface area (Å²) in [4.78, 5) is 26.2. The van der Waals surface area contributed by atoms with Crippen molar-refractivity contribution in [1.82, 2.24) is 29.9 Å². The molecule has 3 aromatic rings. The fourth-order valence-corrected chi connectivity index (χ4v) is 4.32. The van der Waals surface area contributed by atoms with E-state index in [4.69, 9.17) is 0 Å². The molecule has 1 aromatic carbocycles. The Labute approximate surface area is 187 Å². The Hall–Kier alpha value is -3.49. The molecule has 1 unspecified atom stereocenters. The van der Waals surface area contributed by atoms with Crippen molar-refractivity contribution in [2.75, 3.05) is 5.32 Å². The number of carbonyl (C=O) groups is 2. The summed E-state index contributed by atoms with van der Waals surface area (Å²) < 4.78 is 3.35. The number of aromatic nitrogens is 5.